The largest absolute Gasteiger partial charge is 0.508 e. The smallest absolute Gasteiger partial charge is 0.201 e. The topological polar surface area (TPSA) is 115 Å². The maximum atomic E-state index is 12.4. The Kier molecular flexibility index (Phi) is 2.70. The fourth-order valence-electron chi connectivity index (χ4n) is 2.48. The van der Waals surface area contributed by atoms with E-state index < -0.39 is 29.7 Å². The van der Waals surface area contributed by atoms with Crippen LogP contribution in [0.15, 0.2) is 24.3 Å². The van der Waals surface area contributed by atoms with Crippen LogP contribution in [0.2, 0.25) is 0 Å². The molecular formula is C15H10O6. The van der Waals surface area contributed by atoms with Crippen molar-refractivity contribution < 1.29 is 30.0 Å². The van der Waals surface area contributed by atoms with Crippen LogP contribution < -0.4 is 0 Å². The van der Waals surface area contributed by atoms with Crippen LogP contribution in [0, 0.1) is 0 Å². The van der Waals surface area contributed by atoms with E-state index in [9.17, 15) is 24.9 Å². The minimum Gasteiger partial charge on any atom is -0.508 e. The van der Waals surface area contributed by atoms with Crippen molar-refractivity contribution in [1.82, 2.24) is 0 Å². The van der Waals surface area contributed by atoms with E-state index >= 15 is 0 Å². The van der Waals surface area contributed by atoms with E-state index in [2.05, 4.69) is 0 Å². The number of phenols is 3. The number of ketones is 2. The highest BCUT2D eigenvalue weighted by molar-refractivity contribution is 6.30. The van der Waals surface area contributed by atoms with Gasteiger partial charge in [-0.1, -0.05) is 6.07 Å². The number of aliphatic hydroxyl groups is 1. The number of phenolic OH excluding ortho intramolecular Hbond substituents is 2. The molecule has 2 aromatic carbocycles. The summed E-state index contributed by atoms with van der Waals surface area (Å²) in [5.41, 5.74) is -0.569. The summed E-state index contributed by atoms with van der Waals surface area (Å²) in [4.78, 5) is 24.8. The van der Waals surface area contributed by atoms with Crippen molar-refractivity contribution in [2.24, 2.45) is 0 Å². The van der Waals surface area contributed by atoms with Crippen molar-refractivity contribution >= 4 is 11.6 Å². The number of aromatic hydroxyl groups is 3. The first-order chi connectivity index (χ1) is 9.95. The van der Waals surface area contributed by atoms with Crippen molar-refractivity contribution in [2.75, 3.05) is 0 Å². The van der Waals surface area contributed by atoms with Crippen LogP contribution in [-0.4, -0.2) is 32.0 Å². The summed E-state index contributed by atoms with van der Waals surface area (Å²) in [7, 11) is 0. The Bertz CT molecular complexity index is 806. The van der Waals surface area contributed by atoms with Gasteiger partial charge in [0.1, 0.15) is 17.2 Å². The van der Waals surface area contributed by atoms with Gasteiger partial charge in [0.25, 0.3) is 0 Å². The lowest BCUT2D eigenvalue weighted by Gasteiger charge is -2.20. The van der Waals surface area contributed by atoms with Gasteiger partial charge >= 0.3 is 0 Å². The van der Waals surface area contributed by atoms with Crippen LogP contribution in [0.5, 0.6) is 17.2 Å². The van der Waals surface area contributed by atoms with Gasteiger partial charge in [0.2, 0.25) is 5.78 Å². The van der Waals surface area contributed by atoms with E-state index in [1.165, 1.54) is 12.1 Å². The highest BCUT2D eigenvalue weighted by Gasteiger charge is 2.35. The quantitative estimate of drug-likeness (QED) is 0.532. The number of rotatable bonds is 1. The van der Waals surface area contributed by atoms with Crippen LogP contribution in [0.1, 0.15) is 37.4 Å². The zero-order chi connectivity index (χ0) is 15.3. The maximum Gasteiger partial charge on any atom is 0.201 e. The van der Waals surface area contributed by atoms with Crippen LogP contribution in [0.3, 0.4) is 0 Å². The van der Waals surface area contributed by atoms with E-state index in [-0.39, 0.29) is 33.6 Å². The third-order valence-electron chi connectivity index (χ3n) is 3.48. The van der Waals surface area contributed by atoms with Gasteiger partial charge in [0.05, 0.1) is 17.7 Å². The third kappa shape index (κ3) is 1.70. The number of carbonyl (C=O) groups is 2. The van der Waals surface area contributed by atoms with Crippen molar-refractivity contribution in [3.63, 3.8) is 0 Å². The summed E-state index contributed by atoms with van der Waals surface area (Å²) in [6.07, 6.45) is 0. The number of aliphatic hydroxyl groups excluding tert-OH is 1. The molecule has 6 nitrogen and oxygen atoms in total. The molecule has 0 atom stereocenters. The molecule has 4 N–H and O–H groups in total. The predicted molar refractivity (Wildman–Crippen MR) is 70.7 cm³/mol. The lowest BCUT2D eigenvalue weighted by Crippen LogP contribution is -2.21. The molecule has 0 unspecified atom stereocenters. The van der Waals surface area contributed by atoms with Gasteiger partial charge in [-0.25, -0.2) is 0 Å². The van der Waals surface area contributed by atoms with Crippen molar-refractivity contribution in [3.8, 4) is 17.2 Å². The molecule has 0 spiro atoms. The highest BCUT2D eigenvalue weighted by Crippen LogP contribution is 2.39. The Morgan fingerprint density at radius 3 is 2.24 bits per heavy atom. The first-order valence-electron chi connectivity index (χ1n) is 6.06. The van der Waals surface area contributed by atoms with Crippen molar-refractivity contribution in [3.05, 3.63) is 52.1 Å². The molecule has 3 rings (SSSR count). The highest BCUT2D eigenvalue weighted by atomic mass is 16.3. The number of fused-ring (bicyclic) bond motifs is 2. The molecule has 6 heteroatoms. The molecule has 0 heterocycles. The van der Waals surface area contributed by atoms with E-state index in [0.29, 0.717) is 0 Å². The zero-order valence-electron chi connectivity index (χ0n) is 10.6. The van der Waals surface area contributed by atoms with E-state index in [0.717, 1.165) is 12.1 Å². The Morgan fingerprint density at radius 1 is 0.857 bits per heavy atom. The summed E-state index contributed by atoms with van der Waals surface area (Å²) >= 11 is 0. The van der Waals surface area contributed by atoms with Gasteiger partial charge in [0, 0.05) is 22.8 Å². The Morgan fingerprint density at radius 2 is 1.57 bits per heavy atom. The van der Waals surface area contributed by atoms with Crippen LogP contribution >= 0.6 is 0 Å². The Balaban J connectivity index is 2.36. The van der Waals surface area contributed by atoms with E-state index in [4.69, 9.17) is 5.11 Å². The molecule has 0 bridgehead atoms. The Hall–Kier alpha value is -2.86. The second kappa shape index (κ2) is 4.32. The van der Waals surface area contributed by atoms with Crippen LogP contribution in [0.4, 0.5) is 0 Å². The van der Waals surface area contributed by atoms with Gasteiger partial charge in [-0.15, -0.1) is 0 Å². The maximum absolute atomic E-state index is 12.4. The second-order valence-corrected chi connectivity index (χ2v) is 4.70. The molecule has 0 aliphatic heterocycles. The molecule has 1 aliphatic rings. The summed E-state index contributed by atoms with van der Waals surface area (Å²) in [5.74, 6) is -2.68. The van der Waals surface area contributed by atoms with Gasteiger partial charge < -0.3 is 20.4 Å². The summed E-state index contributed by atoms with van der Waals surface area (Å²) in [5, 5.41) is 38.4. The minimum atomic E-state index is -0.732. The van der Waals surface area contributed by atoms with Crippen molar-refractivity contribution in [1.29, 1.82) is 0 Å². The molecule has 21 heavy (non-hydrogen) atoms. The molecule has 0 saturated heterocycles. The fraction of sp³-hybridized carbons (Fsp3) is 0.0667. The zero-order valence-corrected chi connectivity index (χ0v) is 10.6. The fourth-order valence-corrected chi connectivity index (χ4v) is 2.48. The number of hydrogen-bond acceptors (Lipinski definition) is 6. The van der Waals surface area contributed by atoms with Gasteiger partial charge in [-0.3, -0.25) is 9.59 Å². The lowest BCUT2D eigenvalue weighted by atomic mass is 9.82. The van der Waals surface area contributed by atoms with Gasteiger partial charge in [-0.2, -0.15) is 0 Å². The first-order valence-corrected chi connectivity index (χ1v) is 6.06. The summed E-state index contributed by atoms with van der Waals surface area (Å²) in [6, 6.07) is 4.70. The normalized spacial score (nSPS) is 13.0. The number of carbonyl (C=O) groups excluding carboxylic acids is 2. The number of benzene rings is 2. The van der Waals surface area contributed by atoms with Crippen LogP contribution in [-0.2, 0) is 6.61 Å². The standard InChI is InChI=1S/C15H10O6/c16-5-6-1-2-8-12(13(6)19)15(21)11-9(14(8)20)3-7(17)4-10(11)18/h1-4,16-19H,5H2. The second-order valence-electron chi connectivity index (χ2n) is 4.70. The number of hydrogen-bond donors (Lipinski definition) is 4. The van der Waals surface area contributed by atoms with Gasteiger partial charge in [0.15, 0.2) is 5.78 Å². The lowest BCUT2D eigenvalue weighted by molar-refractivity contribution is 0.0973. The van der Waals surface area contributed by atoms with Gasteiger partial charge in [-0.05, 0) is 12.1 Å². The van der Waals surface area contributed by atoms with E-state index in [1.807, 2.05) is 0 Å². The molecule has 0 saturated carbocycles. The average molecular weight is 286 g/mol. The minimum absolute atomic E-state index is 0.0350. The molecule has 1 aliphatic carbocycles. The SMILES string of the molecule is O=C1c2cc(O)cc(O)c2C(=O)c2c1ccc(CO)c2O. The molecule has 0 fully saturated rings. The average Bonchev–Trinajstić information content (AvgIpc) is 2.43. The first kappa shape index (κ1) is 13.1. The summed E-state index contributed by atoms with van der Waals surface area (Å²) < 4.78 is 0. The predicted octanol–water partition coefficient (Wildman–Crippen LogP) is 1.07. The Labute approximate surface area is 118 Å². The molecule has 0 amide bonds. The molecule has 0 aromatic heterocycles. The van der Waals surface area contributed by atoms with E-state index in [1.54, 1.807) is 0 Å². The molecule has 106 valence electrons. The van der Waals surface area contributed by atoms with Crippen LogP contribution in [0.25, 0.3) is 0 Å². The third-order valence-corrected chi connectivity index (χ3v) is 3.48. The summed E-state index contributed by atoms with van der Waals surface area (Å²) in [6.45, 7) is -0.491. The monoisotopic (exact) mass is 286 g/mol. The molecule has 2 aromatic rings. The molecule has 0 radical (unpaired) electrons. The molecular weight excluding hydrogens is 276 g/mol. The van der Waals surface area contributed by atoms with Crippen molar-refractivity contribution in [2.45, 2.75) is 6.61 Å².